The van der Waals surface area contributed by atoms with E-state index in [2.05, 4.69) is 38.8 Å². The van der Waals surface area contributed by atoms with Crippen LogP contribution in [0.4, 0.5) is 0 Å². The summed E-state index contributed by atoms with van der Waals surface area (Å²) in [4.78, 5) is 11.1. The van der Waals surface area contributed by atoms with Crippen molar-refractivity contribution in [3.63, 3.8) is 0 Å². The van der Waals surface area contributed by atoms with Gasteiger partial charge in [0.05, 0.1) is 0 Å². The summed E-state index contributed by atoms with van der Waals surface area (Å²) in [6, 6.07) is 0. The molecule has 0 bridgehead atoms. The second-order valence-corrected chi connectivity index (χ2v) is 4.80. The summed E-state index contributed by atoms with van der Waals surface area (Å²) in [6.07, 6.45) is 17.6. The van der Waals surface area contributed by atoms with Gasteiger partial charge < -0.3 is 4.74 Å². The SMILES string of the molecule is C#CCOC(=O)C=CC=CCC(C)CCC=C(C)C. The smallest absolute Gasteiger partial charge is 0.331 e. The molecule has 0 aliphatic rings. The van der Waals surface area contributed by atoms with Crippen molar-refractivity contribution in [3.05, 3.63) is 36.0 Å². The van der Waals surface area contributed by atoms with Gasteiger partial charge in [-0.25, -0.2) is 4.79 Å². The highest BCUT2D eigenvalue weighted by Gasteiger charge is 1.97. The van der Waals surface area contributed by atoms with E-state index in [1.54, 1.807) is 6.08 Å². The van der Waals surface area contributed by atoms with Crippen LogP contribution in [0.25, 0.3) is 0 Å². The van der Waals surface area contributed by atoms with Crippen LogP contribution < -0.4 is 0 Å². The van der Waals surface area contributed by atoms with Crippen LogP contribution in [0.1, 0.15) is 40.0 Å². The molecule has 0 radical (unpaired) electrons. The maximum atomic E-state index is 11.1. The Morgan fingerprint density at radius 3 is 2.74 bits per heavy atom. The Hall–Kier alpha value is -1.75. The zero-order valence-corrected chi connectivity index (χ0v) is 12.2. The Morgan fingerprint density at radius 2 is 2.11 bits per heavy atom. The molecule has 0 aromatic carbocycles. The van der Waals surface area contributed by atoms with Crippen LogP contribution in [0.15, 0.2) is 36.0 Å². The van der Waals surface area contributed by atoms with Crippen LogP contribution in [0, 0.1) is 18.3 Å². The van der Waals surface area contributed by atoms with Crippen LogP contribution in [-0.2, 0) is 9.53 Å². The summed E-state index contributed by atoms with van der Waals surface area (Å²) < 4.78 is 4.69. The van der Waals surface area contributed by atoms with E-state index in [4.69, 9.17) is 11.2 Å². The molecule has 1 atom stereocenters. The Balaban J connectivity index is 3.78. The third-order valence-electron chi connectivity index (χ3n) is 2.53. The molecule has 1 unspecified atom stereocenters. The number of ether oxygens (including phenoxy) is 1. The van der Waals surface area contributed by atoms with Crippen molar-refractivity contribution in [1.82, 2.24) is 0 Å². The van der Waals surface area contributed by atoms with Gasteiger partial charge in [0.15, 0.2) is 6.61 Å². The average molecular weight is 260 g/mol. The Kier molecular flexibility index (Phi) is 10.3. The second-order valence-electron chi connectivity index (χ2n) is 4.80. The molecule has 0 saturated carbocycles. The Labute approximate surface area is 117 Å². The molecular formula is C17H24O2. The third kappa shape index (κ3) is 12.5. The van der Waals surface area contributed by atoms with E-state index in [9.17, 15) is 4.79 Å². The largest absolute Gasteiger partial charge is 0.449 e. The molecule has 0 saturated heterocycles. The van der Waals surface area contributed by atoms with E-state index < -0.39 is 5.97 Å². The summed E-state index contributed by atoms with van der Waals surface area (Å²) in [6.45, 7) is 6.49. The van der Waals surface area contributed by atoms with Crippen LogP contribution in [0.2, 0.25) is 0 Å². The molecule has 2 heteroatoms. The zero-order chi connectivity index (χ0) is 14.5. The van der Waals surface area contributed by atoms with Crippen LogP contribution in [-0.4, -0.2) is 12.6 Å². The van der Waals surface area contributed by atoms with E-state index in [0.717, 1.165) is 12.8 Å². The van der Waals surface area contributed by atoms with E-state index in [0.29, 0.717) is 5.92 Å². The number of esters is 1. The van der Waals surface area contributed by atoms with Crippen LogP contribution in [0.5, 0.6) is 0 Å². The lowest BCUT2D eigenvalue weighted by Gasteiger charge is -2.05. The molecule has 0 spiro atoms. The van der Waals surface area contributed by atoms with Crippen LogP contribution >= 0.6 is 0 Å². The van der Waals surface area contributed by atoms with Gasteiger partial charge in [-0.05, 0) is 39.0 Å². The molecule has 104 valence electrons. The lowest BCUT2D eigenvalue weighted by molar-refractivity contribution is -0.136. The van der Waals surface area contributed by atoms with Crippen molar-refractivity contribution in [2.24, 2.45) is 5.92 Å². The fraction of sp³-hybridized carbons (Fsp3) is 0.471. The van der Waals surface area contributed by atoms with E-state index >= 15 is 0 Å². The molecule has 2 nitrogen and oxygen atoms in total. The van der Waals surface area contributed by atoms with Gasteiger partial charge in [-0.15, -0.1) is 6.42 Å². The fourth-order valence-electron chi connectivity index (χ4n) is 1.46. The average Bonchev–Trinajstić information content (AvgIpc) is 2.35. The van der Waals surface area contributed by atoms with Gasteiger partial charge >= 0.3 is 5.97 Å². The zero-order valence-electron chi connectivity index (χ0n) is 12.2. The molecule has 0 aromatic rings. The highest BCUT2D eigenvalue weighted by atomic mass is 16.5. The quantitative estimate of drug-likeness (QED) is 0.216. The number of hydrogen-bond acceptors (Lipinski definition) is 2. The number of allylic oxidation sites excluding steroid dienone is 5. The number of hydrogen-bond donors (Lipinski definition) is 0. The summed E-state index contributed by atoms with van der Waals surface area (Å²) in [5, 5.41) is 0. The standard InChI is InChI=1S/C17H24O2/c1-5-14-19-17(18)13-8-6-7-11-16(4)12-9-10-15(2)3/h1,6-8,10,13,16H,9,11-12,14H2,2-4H3. The monoisotopic (exact) mass is 260 g/mol. The van der Waals surface area contributed by atoms with Crippen molar-refractivity contribution < 1.29 is 9.53 Å². The van der Waals surface area contributed by atoms with Crippen molar-refractivity contribution in [2.45, 2.75) is 40.0 Å². The molecule has 0 heterocycles. The van der Waals surface area contributed by atoms with Crippen molar-refractivity contribution in [3.8, 4) is 12.3 Å². The molecule has 0 amide bonds. The third-order valence-corrected chi connectivity index (χ3v) is 2.53. The number of terminal acetylenes is 1. The molecule has 19 heavy (non-hydrogen) atoms. The van der Waals surface area contributed by atoms with Crippen molar-refractivity contribution in [2.75, 3.05) is 6.61 Å². The molecule has 0 N–H and O–H groups in total. The molecule has 0 aliphatic carbocycles. The minimum Gasteiger partial charge on any atom is -0.449 e. The Bertz CT molecular complexity index is 377. The molecule has 0 aliphatic heterocycles. The predicted octanol–water partition coefficient (Wildman–Crippen LogP) is 4.05. The van der Waals surface area contributed by atoms with Gasteiger partial charge in [-0.3, -0.25) is 0 Å². The van der Waals surface area contributed by atoms with Gasteiger partial charge in [0.1, 0.15) is 0 Å². The van der Waals surface area contributed by atoms with Gasteiger partial charge in [0, 0.05) is 6.08 Å². The number of rotatable bonds is 8. The lowest BCUT2D eigenvalue weighted by atomic mass is 10.0. The second kappa shape index (κ2) is 11.3. The first-order chi connectivity index (χ1) is 9.06. The summed E-state index contributed by atoms with van der Waals surface area (Å²) in [7, 11) is 0. The molecular weight excluding hydrogens is 236 g/mol. The lowest BCUT2D eigenvalue weighted by Crippen LogP contribution is -1.99. The van der Waals surface area contributed by atoms with Gasteiger partial charge in [-0.1, -0.05) is 42.7 Å². The number of carbonyl (C=O) groups excluding carboxylic acids is 1. The van der Waals surface area contributed by atoms with Crippen molar-refractivity contribution >= 4 is 5.97 Å². The molecule has 0 rings (SSSR count). The summed E-state index contributed by atoms with van der Waals surface area (Å²) >= 11 is 0. The highest BCUT2D eigenvalue weighted by Crippen LogP contribution is 2.12. The van der Waals surface area contributed by atoms with Gasteiger partial charge in [0.25, 0.3) is 0 Å². The first-order valence-corrected chi connectivity index (χ1v) is 6.63. The van der Waals surface area contributed by atoms with Crippen LogP contribution in [0.3, 0.4) is 0 Å². The normalized spacial score (nSPS) is 12.3. The predicted molar refractivity (Wildman–Crippen MR) is 80.5 cm³/mol. The van der Waals surface area contributed by atoms with E-state index in [1.165, 1.54) is 18.1 Å². The summed E-state index contributed by atoms with van der Waals surface area (Å²) in [5.74, 6) is 2.49. The van der Waals surface area contributed by atoms with E-state index in [1.807, 2.05) is 6.08 Å². The minimum atomic E-state index is -0.404. The first-order valence-electron chi connectivity index (χ1n) is 6.63. The highest BCUT2D eigenvalue weighted by molar-refractivity contribution is 5.82. The Morgan fingerprint density at radius 1 is 1.37 bits per heavy atom. The maximum Gasteiger partial charge on any atom is 0.331 e. The topological polar surface area (TPSA) is 26.3 Å². The molecule has 0 fully saturated rings. The fourth-order valence-corrected chi connectivity index (χ4v) is 1.46. The number of carbonyl (C=O) groups is 1. The van der Waals surface area contributed by atoms with Crippen molar-refractivity contribution in [1.29, 1.82) is 0 Å². The van der Waals surface area contributed by atoms with Gasteiger partial charge in [0.2, 0.25) is 0 Å². The van der Waals surface area contributed by atoms with E-state index in [-0.39, 0.29) is 6.61 Å². The summed E-state index contributed by atoms with van der Waals surface area (Å²) in [5.41, 5.74) is 1.37. The molecule has 0 aromatic heterocycles. The maximum absolute atomic E-state index is 11.1. The minimum absolute atomic E-state index is 0.0221. The first kappa shape index (κ1) is 17.2. The van der Waals surface area contributed by atoms with Gasteiger partial charge in [-0.2, -0.15) is 0 Å².